The van der Waals surface area contributed by atoms with Crippen LogP contribution in [0.3, 0.4) is 0 Å². The molecule has 26 heavy (non-hydrogen) atoms. The number of rotatable bonds is 5. The van der Waals surface area contributed by atoms with Crippen molar-refractivity contribution in [3.63, 3.8) is 0 Å². The third-order valence-corrected chi connectivity index (χ3v) is 4.87. The molecule has 0 bridgehead atoms. The van der Waals surface area contributed by atoms with Gasteiger partial charge in [0.25, 0.3) is 0 Å². The number of hydrogen-bond donors (Lipinski definition) is 1. The molecule has 0 saturated carbocycles. The van der Waals surface area contributed by atoms with E-state index in [1.165, 1.54) is 0 Å². The van der Waals surface area contributed by atoms with E-state index >= 15 is 0 Å². The Hall–Kier alpha value is -2.66. The third-order valence-electron chi connectivity index (χ3n) is 4.87. The zero-order valence-electron chi connectivity index (χ0n) is 16.1. The van der Waals surface area contributed by atoms with Crippen LogP contribution in [-0.4, -0.2) is 28.4 Å². The number of benzene rings is 3. The minimum atomic E-state index is -0.177. The first kappa shape index (κ1) is 18.1. The molecule has 0 amide bonds. The molecule has 0 saturated heterocycles. The molecule has 0 aliphatic carbocycles. The fourth-order valence-corrected chi connectivity index (χ4v) is 3.70. The van der Waals surface area contributed by atoms with E-state index in [0.29, 0.717) is 23.0 Å². The van der Waals surface area contributed by atoms with Gasteiger partial charge in [0.2, 0.25) is 0 Å². The lowest BCUT2D eigenvalue weighted by atomic mass is 9.91. The predicted molar refractivity (Wildman–Crippen MR) is 105 cm³/mol. The lowest BCUT2D eigenvalue weighted by molar-refractivity contribution is 0.353. The summed E-state index contributed by atoms with van der Waals surface area (Å²) in [7, 11) is 6.56. The average molecular weight is 355 g/mol. The first-order valence-corrected chi connectivity index (χ1v) is 8.46. The van der Waals surface area contributed by atoms with Crippen LogP contribution in [0, 0.1) is 6.92 Å². The fraction of sp³-hybridized carbons (Fsp3) is 0.333. The summed E-state index contributed by atoms with van der Waals surface area (Å²) in [6, 6.07) is 7.93. The van der Waals surface area contributed by atoms with Gasteiger partial charge in [0.15, 0.2) is 23.0 Å². The molecule has 3 aromatic carbocycles. The number of fused-ring (bicyclic) bond motifs is 3. The highest BCUT2D eigenvalue weighted by atomic mass is 16.5. The van der Waals surface area contributed by atoms with Crippen molar-refractivity contribution in [2.24, 2.45) is 5.73 Å². The first-order chi connectivity index (χ1) is 12.5. The Morgan fingerprint density at radius 2 is 1.42 bits per heavy atom. The minimum absolute atomic E-state index is 0.177. The van der Waals surface area contributed by atoms with Gasteiger partial charge in [0.05, 0.1) is 28.4 Å². The molecule has 0 fully saturated rings. The van der Waals surface area contributed by atoms with Crippen molar-refractivity contribution in [2.45, 2.75) is 19.9 Å². The van der Waals surface area contributed by atoms with E-state index in [2.05, 4.69) is 19.1 Å². The summed E-state index contributed by atoms with van der Waals surface area (Å²) in [5.74, 6) is 2.71. The molecule has 1 unspecified atom stereocenters. The summed E-state index contributed by atoms with van der Waals surface area (Å²) >= 11 is 0. The smallest absolute Gasteiger partial charge is 0.169 e. The first-order valence-electron chi connectivity index (χ1n) is 8.46. The quantitative estimate of drug-likeness (QED) is 0.689. The van der Waals surface area contributed by atoms with Gasteiger partial charge in [-0.25, -0.2) is 0 Å². The molecule has 0 aliphatic heterocycles. The van der Waals surface area contributed by atoms with E-state index in [1.807, 2.05) is 19.1 Å². The van der Waals surface area contributed by atoms with Gasteiger partial charge >= 0.3 is 0 Å². The molecule has 5 nitrogen and oxygen atoms in total. The zero-order valence-corrected chi connectivity index (χ0v) is 16.1. The van der Waals surface area contributed by atoms with Crippen molar-refractivity contribution in [1.82, 2.24) is 0 Å². The van der Waals surface area contributed by atoms with Crippen molar-refractivity contribution in [3.05, 3.63) is 35.4 Å². The molecule has 3 rings (SSSR count). The number of methoxy groups -OCH3 is 4. The van der Waals surface area contributed by atoms with Crippen LogP contribution in [-0.2, 0) is 0 Å². The maximum Gasteiger partial charge on any atom is 0.169 e. The molecule has 0 aliphatic rings. The Balaban J connectivity index is 2.56. The molecule has 138 valence electrons. The molecule has 0 radical (unpaired) electrons. The second-order valence-corrected chi connectivity index (χ2v) is 6.31. The van der Waals surface area contributed by atoms with Gasteiger partial charge in [0.1, 0.15) is 0 Å². The number of nitrogens with two attached hydrogens (primary N) is 1. The molecule has 2 N–H and O–H groups in total. The Morgan fingerprint density at radius 1 is 0.808 bits per heavy atom. The van der Waals surface area contributed by atoms with E-state index in [0.717, 1.165) is 32.7 Å². The topological polar surface area (TPSA) is 62.9 Å². The van der Waals surface area contributed by atoms with E-state index in [4.69, 9.17) is 24.7 Å². The van der Waals surface area contributed by atoms with Gasteiger partial charge < -0.3 is 24.7 Å². The number of aryl methyl sites for hydroxylation is 1. The Kier molecular flexibility index (Phi) is 4.83. The van der Waals surface area contributed by atoms with E-state index in [9.17, 15) is 0 Å². The van der Waals surface area contributed by atoms with Gasteiger partial charge in [-0.2, -0.15) is 0 Å². The summed E-state index contributed by atoms with van der Waals surface area (Å²) in [6.07, 6.45) is 0. The zero-order chi connectivity index (χ0) is 19.0. The van der Waals surface area contributed by atoms with Crippen LogP contribution in [0.5, 0.6) is 23.0 Å². The molecule has 5 heteroatoms. The summed E-state index contributed by atoms with van der Waals surface area (Å²) in [5.41, 5.74) is 8.27. The standard InChI is InChI=1S/C21H25NO4/c1-11-14-8-7-13-9-16(23-3)17(24-4)10-15(13)19(14)21(26-6)20(25-5)18(11)12(2)22/h7-10,12H,22H2,1-6H3. The lowest BCUT2D eigenvalue weighted by Crippen LogP contribution is -2.10. The maximum absolute atomic E-state index is 6.23. The monoisotopic (exact) mass is 355 g/mol. The van der Waals surface area contributed by atoms with Crippen LogP contribution in [0.2, 0.25) is 0 Å². The highest BCUT2D eigenvalue weighted by Crippen LogP contribution is 2.47. The Bertz CT molecular complexity index is 979. The van der Waals surface area contributed by atoms with E-state index in [1.54, 1.807) is 28.4 Å². The molecule has 0 aromatic heterocycles. The fourth-order valence-electron chi connectivity index (χ4n) is 3.70. The molecular weight excluding hydrogens is 330 g/mol. The van der Waals surface area contributed by atoms with Crippen molar-refractivity contribution in [1.29, 1.82) is 0 Å². The largest absolute Gasteiger partial charge is 0.493 e. The van der Waals surface area contributed by atoms with E-state index in [-0.39, 0.29) is 6.04 Å². The number of ether oxygens (including phenoxy) is 4. The second-order valence-electron chi connectivity index (χ2n) is 6.31. The SMILES string of the molecule is COc1cc2ccc3c(C)c(C(C)N)c(OC)c(OC)c3c2cc1OC. The van der Waals surface area contributed by atoms with Crippen LogP contribution in [0.1, 0.15) is 24.1 Å². The summed E-state index contributed by atoms with van der Waals surface area (Å²) < 4.78 is 22.4. The molecule has 1 atom stereocenters. The van der Waals surface area contributed by atoms with Crippen LogP contribution >= 0.6 is 0 Å². The van der Waals surface area contributed by atoms with Crippen LogP contribution < -0.4 is 24.7 Å². The average Bonchev–Trinajstić information content (AvgIpc) is 2.65. The third kappa shape index (κ3) is 2.59. The van der Waals surface area contributed by atoms with Gasteiger partial charge in [-0.3, -0.25) is 0 Å². The van der Waals surface area contributed by atoms with Crippen LogP contribution in [0.4, 0.5) is 0 Å². The minimum Gasteiger partial charge on any atom is -0.493 e. The van der Waals surface area contributed by atoms with Gasteiger partial charge in [0, 0.05) is 17.0 Å². The molecule has 0 heterocycles. The highest BCUT2D eigenvalue weighted by molar-refractivity contribution is 6.14. The van der Waals surface area contributed by atoms with Crippen molar-refractivity contribution < 1.29 is 18.9 Å². The summed E-state index contributed by atoms with van der Waals surface area (Å²) in [4.78, 5) is 0. The van der Waals surface area contributed by atoms with Crippen molar-refractivity contribution >= 4 is 21.5 Å². The summed E-state index contributed by atoms with van der Waals surface area (Å²) in [6.45, 7) is 4.01. The van der Waals surface area contributed by atoms with Crippen LogP contribution in [0.25, 0.3) is 21.5 Å². The lowest BCUT2D eigenvalue weighted by Gasteiger charge is -2.22. The molecule has 0 spiro atoms. The predicted octanol–water partition coefficient (Wildman–Crippen LogP) is 4.36. The maximum atomic E-state index is 6.23. The molecule has 3 aromatic rings. The molecular formula is C21H25NO4. The van der Waals surface area contributed by atoms with Gasteiger partial charge in [-0.05, 0) is 47.7 Å². The second kappa shape index (κ2) is 6.92. The van der Waals surface area contributed by atoms with Crippen LogP contribution in [0.15, 0.2) is 24.3 Å². The van der Waals surface area contributed by atoms with Gasteiger partial charge in [-0.15, -0.1) is 0 Å². The summed E-state index contributed by atoms with van der Waals surface area (Å²) in [5, 5.41) is 4.09. The Morgan fingerprint density at radius 3 is 1.96 bits per heavy atom. The van der Waals surface area contributed by atoms with E-state index < -0.39 is 0 Å². The normalized spacial score (nSPS) is 12.3. The Labute approximate surface area is 153 Å². The number of hydrogen-bond acceptors (Lipinski definition) is 5. The highest BCUT2D eigenvalue weighted by Gasteiger charge is 2.23. The van der Waals surface area contributed by atoms with Crippen molar-refractivity contribution in [2.75, 3.05) is 28.4 Å². The van der Waals surface area contributed by atoms with Gasteiger partial charge in [-0.1, -0.05) is 12.1 Å². The van der Waals surface area contributed by atoms with Crippen molar-refractivity contribution in [3.8, 4) is 23.0 Å².